The lowest BCUT2D eigenvalue weighted by molar-refractivity contribution is -0.120. The van der Waals surface area contributed by atoms with Gasteiger partial charge in [-0.25, -0.2) is 17.7 Å². The SMILES string of the molecule is CS(=O)(=O)N1CCC[C@H](C(=O)Nc2cccc(-c3nc4ccccc4s3)c2)C1. The summed E-state index contributed by atoms with van der Waals surface area (Å²) in [6, 6.07) is 15.6. The third kappa shape index (κ3) is 4.09. The molecule has 0 spiro atoms. The van der Waals surface area contributed by atoms with E-state index in [1.54, 1.807) is 11.3 Å². The highest BCUT2D eigenvalue weighted by atomic mass is 32.2. The van der Waals surface area contributed by atoms with Gasteiger partial charge in [-0.05, 0) is 37.1 Å². The molecule has 1 aromatic heterocycles. The lowest BCUT2D eigenvalue weighted by Crippen LogP contribution is -2.43. The van der Waals surface area contributed by atoms with E-state index >= 15 is 0 Å². The van der Waals surface area contributed by atoms with E-state index < -0.39 is 10.0 Å². The molecule has 0 bridgehead atoms. The summed E-state index contributed by atoms with van der Waals surface area (Å²) in [5.41, 5.74) is 2.60. The maximum absolute atomic E-state index is 12.7. The zero-order valence-electron chi connectivity index (χ0n) is 15.5. The Kier molecular flexibility index (Phi) is 5.18. The molecule has 2 heterocycles. The van der Waals surface area contributed by atoms with Gasteiger partial charge in [-0.3, -0.25) is 4.79 Å². The van der Waals surface area contributed by atoms with E-state index in [1.165, 1.54) is 10.6 Å². The maximum Gasteiger partial charge on any atom is 0.228 e. The van der Waals surface area contributed by atoms with Crippen LogP contribution in [-0.2, 0) is 14.8 Å². The summed E-state index contributed by atoms with van der Waals surface area (Å²) in [6.07, 6.45) is 2.57. The first-order valence-corrected chi connectivity index (χ1v) is 11.8. The number of rotatable bonds is 4. The van der Waals surface area contributed by atoms with Crippen LogP contribution >= 0.6 is 11.3 Å². The van der Waals surface area contributed by atoms with Crippen LogP contribution in [-0.4, -0.2) is 43.0 Å². The molecular weight excluding hydrogens is 394 g/mol. The molecule has 8 heteroatoms. The number of carbonyl (C=O) groups is 1. The number of fused-ring (bicyclic) bond motifs is 1. The van der Waals surface area contributed by atoms with Gasteiger partial charge in [0.2, 0.25) is 15.9 Å². The molecule has 1 amide bonds. The van der Waals surface area contributed by atoms with E-state index in [-0.39, 0.29) is 18.4 Å². The molecule has 1 aliphatic heterocycles. The van der Waals surface area contributed by atoms with Crippen molar-refractivity contribution in [1.29, 1.82) is 0 Å². The fraction of sp³-hybridized carbons (Fsp3) is 0.300. The van der Waals surface area contributed by atoms with Gasteiger partial charge in [0.15, 0.2) is 0 Å². The van der Waals surface area contributed by atoms with Crippen molar-refractivity contribution in [3.8, 4) is 10.6 Å². The van der Waals surface area contributed by atoms with Gasteiger partial charge in [-0.15, -0.1) is 11.3 Å². The zero-order chi connectivity index (χ0) is 19.7. The summed E-state index contributed by atoms with van der Waals surface area (Å²) in [7, 11) is -3.27. The average Bonchev–Trinajstić information content (AvgIpc) is 3.12. The highest BCUT2D eigenvalue weighted by Crippen LogP contribution is 2.31. The van der Waals surface area contributed by atoms with Crippen molar-refractivity contribution in [2.24, 2.45) is 5.92 Å². The maximum atomic E-state index is 12.7. The van der Waals surface area contributed by atoms with Crippen molar-refractivity contribution in [3.63, 3.8) is 0 Å². The molecule has 0 saturated carbocycles. The van der Waals surface area contributed by atoms with Gasteiger partial charge in [0, 0.05) is 24.3 Å². The second kappa shape index (κ2) is 7.62. The minimum absolute atomic E-state index is 0.144. The Labute approximate surface area is 168 Å². The molecule has 0 aliphatic carbocycles. The molecule has 146 valence electrons. The van der Waals surface area contributed by atoms with Crippen LogP contribution in [0.2, 0.25) is 0 Å². The van der Waals surface area contributed by atoms with Gasteiger partial charge in [0.1, 0.15) is 5.01 Å². The molecule has 0 unspecified atom stereocenters. The van der Waals surface area contributed by atoms with E-state index in [0.717, 1.165) is 20.8 Å². The number of nitrogens with zero attached hydrogens (tertiary/aromatic N) is 2. The van der Waals surface area contributed by atoms with Crippen molar-refractivity contribution in [2.75, 3.05) is 24.7 Å². The number of para-hydroxylation sites is 1. The van der Waals surface area contributed by atoms with E-state index in [4.69, 9.17) is 0 Å². The predicted octanol–water partition coefficient (Wildman–Crippen LogP) is 3.57. The Morgan fingerprint density at radius 2 is 2.04 bits per heavy atom. The quantitative estimate of drug-likeness (QED) is 0.706. The van der Waals surface area contributed by atoms with Crippen LogP contribution in [0, 0.1) is 5.92 Å². The van der Waals surface area contributed by atoms with Gasteiger partial charge in [-0.1, -0.05) is 24.3 Å². The number of amides is 1. The molecule has 2 aromatic carbocycles. The number of benzene rings is 2. The van der Waals surface area contributed by atoms with Crippen molar-refractivity contribution >= 4 is 43.2 Å². The third-order valence-corrected chi connectivity index (χ3v) is 7.25. The molecule has 1 atom stereocenters. The number of carbonyl (C=O) groups excluding carboxylic acids is 1. The zero-order valence-corrected chi connectivity index (χ0v) is 17.1. The van der Waals surface area contributed by atoms with Crippen LogP contribution in [0.3, 0.4) is 0 Å². The molecule has 1 saturated heterocycles. The van der Waals surface area contributed by atoms with E-state index in [2.05, 4.69) is 10.3 Å². The molecule has 1 aliphatic rings. The number of nitrogens with one attached hydrogen (secondary N) is 1. The molecule has 6 nitrogen and oxygen atoms in total. The fourth-order valence-corrected chi connectivity index (χ4v) is 5.30. The Bertz CT molecular complexity index is 1090. The standard InChI is InChI=1S/C20H21N3O3S2/c1-28(25,26)23-11-5-7-15(13-23)19(24)21-16-8-4-6-14(12-16)20-22-17-9-2-3-10-18(17)27-20/h2-4,6,8-10,12,15H,5,7,11,13H2,1H3,(H,21,24)/t15-/m0/s1. The summed E-state index contributed by atoms with van der Waals surface area (Å²) in [5.74, 6) is -0.482. The summed E-state index contributed by atoms with van der Waals surface area (Å²) >= 11 is 1.61. The van der Waals surface area contributed by atoms with Crippen LogP contribution in [0.4, 0.5) is 5.69 Å². The Morgan fingerprint density at radius 1 is 1.21 bits per heavy atom. The highest BCUT2D eigenvalue weighted by molar-refractivity contribution is 7.88. The Balaban J connectivity index is 1.51. The number of sulfonamides is 1. The number of hydrogen-bond acceptors (Lipinski definition) is 5. The van der Waals surface area contributed by atoms with Crippen LogP contribution in [0.25, 0.3) is 20.8 Å². The molecule has 1 N–H and O–H groups in total. The smallest absolute Gasteiger partial charge is 0.228 e. The Morgan fingerprint density at radius 3 is 2.82 bits per heavy atom. The Hall–Kier alpha value is -2.29. The lowest BCUT2D eigenvalue weighted by atomic mass is 9.98. The molecule has 4 rings (SSSR count). The first-order valence-electron chi connectivity index (χ1n) is 9.12. The third-order valence-electron chi connectivity index (χ3n) is 4.89. The first kappa shape index (κ1) is 19.0. The second-order valence-corrected chi connectivity index (χ2v) is 10.0. The molecule has 3 aromatic rings. The van der Waals surface area contributed by atoms with Crippen LogP contribution < -0.4 is 5.32 Å². The van der Waals surface area contributed by atoms with Gasteiger partial charge in [0.05, 0.1) is 22.4 Å². The van der Waals surface area contributed by atoms with Crippen molar-refractivity contribution in [3.05, 3.63) is 48.5 Å². The average molecular weight is 416 g/mol. The number of aromatic nitrogens is 1. The monoisotopic (exact) mass is 415 g/mol. The molecule has 1 fully saturated rings. The molecule has 28 heavy (non-hydrogen) atoms. The number of anilines is 1. The number of piperidine rings is 1. The van der Waals surface area contributed by atoms with Crippen molar-refractivity contribution in [1.82, 2.24) is 9.29 Å². The van der Waals surface area contributed by atoms with E-state index in [0.29, 0.717) is 25.1 Å². The van der Waals surface area contributed by atoms with Crippen LogP contribution in [0.15, 0.2) is 48.5 Å². The minimum atomic E-state index is -3.27. The highest BCUT2D eigenvalue weighted by Gasteiger charge is 2.30. The predicted molar refractivity (Wildman–Crippen MR) is 113 cm³/mol. The topological polar surface area (TPSA) is 79.4 Å². The molecule has 0 radical (unpaired) electrons. The van der Waals surface area contributed by atoms with Gasteiger partial charge in [-0.2, -0.15) is 0 Å². The minimum Gasteiger partial charge on any atom is -0.326 e. The molecular formula is C20H21N3O3S2. The summed E-state index contributed by atoms with van der Waals surface area (Å²) in [6.45, 7) is 0.720. The van der Waals surface area contributed by atoms with E-state index in [1.807, 2.05) is 48.5 Å². The second-order valence-electron chi connectivity index (χ2n) is 7.02. The van der Waals surface area contributed by atoms with Crippen molar-refractivity contribution in [2.45, 2.75) is 12.8 Å². The van der Waals surface area contributed by atoms with Crippen molar-refractivity contribution < 1.29 is 13.2 Å². The fourth-order valence-electron chi connectivity index (χ4n) is 3.43. The largest absolute Gasteiger partial charge is 0.326 e. The normalized spacial score (nSPS) is 18.2. The van der Waals surface area contributed by atoms with Crippen LogP contribution in [0.1, 0.15) is 12.8 Å². The number of thiazole rings is 1. The number of hydrogen-bond donors (Lipinski definition) is 1. The summed E-state index contributed by atoms with van der Waals surface area (Å²) in [5, 5.41) is 3.85. The summed E-state index contributed by atoms with van der Waals surface area (Å²) < 4.78 is 26.1. The van der Waals surface area contributed by atoms with E-state index in [9.17, 15) is 13.2 Å². The van der Waals surface area contributed by atoms with Gasteiger partial charge >= 0.3 is 0 Å². The van der Waals surface area contributed by atoms with Gasteiger partial charge < -0.3 is 5.32 Å². The van der Waals surface area contributed by atoms with Crippen LogP contribution in [0.5, 0.6) is 0 Å². The lowest BCUT2D eigenvalue weighted by Gasteiger charge is -2.30. The first-order chi connectivity index (χ1) is 13.4. The summed E-state index contributed by atoms with van der Waals surface area (Å²) in [4.78, 5) is 17.3. The van der Waals surface area contributed by atoms with Gasteiger partial charge in [0.25, 0.3) is 0 Å².